The molecular formula is C17H19NO. The van der Waals surface area contributed by atoms with Gasteiger partial charge in [0.15, 0.2) is 0 Å². The topological polar surface area (TPSA) is 35.2 Å². The molecule has 0 saturated carbocycles. The molecule has 2 nitrogen and oxygen atoms in total. The highest BCUT2D eigenvalue weighted by atomic mass is 16.5. The number of ether oxygens (including phenoxy) is 1. The van der Waals surface area contributed by atoms with Gasteiger partial charge in [0.1, 0.15) is 5.75 Å². The first-order valence-corrected chi connectivity index (χ1v) is 6.87. The van der Waals surface area contributed by atoms with Crippen molar-refractivity contribution < 1.29 is 4.74 Å². The van der Waals surface area contributed by atoms with Gasteiger partial charge in [0.05, 0.1) is 6.61 Å². The minimum atomic E-state index is 0.358. The molecular weight excluding hydrogens is 234 g/mol. The van der Waals surface area contributed by atoms with Crippen LogP contribution in [0.5, 0.6) is 5.75 Å². The van der Waals surface area contributed by atoms with E-state index in [1.54, 1.807) is 0 Å². The van der Waals surface area contributed by atoms with Crippen LogP contribution in [0.25, 0.3) is 0 Å². The zero-order valence-electron chi connectivity index (χ0n) is 11.0. The first-order valence-electron chi connectivity index (χ1n) is 6.87. The number of fused-ring (bicyclic) bond motifs is 1. The van der Waals surface area contributed by atoms with Crippen LogP contribution in [-0.4, -0.2) is 13.2 Å². The number of para-hydroxylation sites is 1. The molecule has 1 unspecified atom stereocenters. The Kier molecular flexibility index (Phi) is 3.51. The minimum absolute atomic E-state index is 0.358. The Bertz CT molecular complexity index is 550. The zero-order chi connectivity index (χ0) is 13.1. The first kappa shape index (κ1) is 12.2. The lowest BCUT2D eigenvalue weighted by Gasteiger charge is -2.17. The van der Waals surface area contributed by atoms with Crippen LogP contribution in [0, 0.1) is 0 Å². The lowest BCUT2D eigenvalue weighted by Crippen LogP contribution is -2.15. The van der Waals surface area contributed by atoms with E-state index < -0.39 is 0 Å². The van der Waals surface area contributed by atoms with E-state index >= 15 is 0 Å². The second-order valence-electron chi connectivity index (χ2n) is 5.05. The second kappa shape index (κ2) is 5.45. The Balaban J connectivity index is 1.86. The van der Waals surface area contributed by atoms with Gasteiger partial charge in [-0.05, 0) is 29.7 Å². The van der Waals surface area contributed by atoms with Crippen molar-refractivity contribution in [2.24, 2.45) is 5.73 Å². The summed E-state index contributed by atoms with van der Waals surface area (Å²) in [5.74, 6) is 1.45. The monoisotopic (exact) mass is 253 g/mol. The molecule has 0 spiro atoms. The quantitative estimate of drug-likeness (QED) is 0.909. The zero-order valence-corrected chi connectivity index (χ0v) is 11.0. The molecule has 0 bridgehead atoms. The fraction of sp³-hybridized carbons (Fsp3) is 0.294. The van der Waals surface area contributed by atoms with Crippen molar-refractivity contribution in [3.63, 3.8) is 0 Å². The van der Waals surface area contributed by atoms with Crippen molar-refractivity contribution in [1.82, 2.24) is 0 Å². The molecule has 19 heavy (non-hydrogen) atoms. The summed E-state index contributed by atoms with van der Waals surface area (Å²) in [7, 11) is 0. The Morgan fingerprint density at radius 3 is 2.68 bits per heavy atom. The average molecular weight is 253 g/mol. The van der Waals surface area contributed by atoms with Crippen LogP contribution >= 0.6 is 0 Å². The summed E-state index contributed by atoms with van der Waals surface area (Å²) in [6, 6.07) is 16.9. The van der Waals surface area contributed by atoms with Crippen LogP contribution in [0.4, 0.5) is 0 Å². The third-order valence-corrected chi connectivity index (χ3v) is 3.82. The molecule has 2 N–H and O–H groups in total. The summed E-state index contributed by atoms with van der Waals surface area (Å²) in [4.78, 5) is 0. The van der Waals surface area contributed by atoms with Gasteiger partial charge in [-0.15, -0.1) is 0 Å². The molecule has 1 atom stereocenters. The van der Waals surface area contributed by atoms with Crippen LogP contribution in [0.1, 0.15) is 22.6 Å². The molecule has 2 aromatic carbocycles. The van der Waals surface area contributed by atoms with Gasteiger partial charge in [0.2, 0.25) is 0 Å². The summed E-state index contributed by atoms with van der Waals surface area (Å²) in [5.41, 5.74) is 9.88. The molecule has 1 aliphatic heterocycles. The molecule has 1 aliphatic rings. The molecule has 0 saturated heterocycles. The smallest absolute Gasteiger partial charge is 0.125 e. The SMILES string of the molecule is NCC(Cc1cccc2c1OCC2)c1ccccc1. The van der Waals surface area contributed by atoms with E-state index in [1.807, 2.05) is 6.07 Å². The lowest BCUT2D eigenvalue weighted by atomic mass is 9.91. The first-order chi connectivity index (χ1) is 9.38. The maximum atomic E-state index is 5.96. The third-order valence-electron chi connectivity index (χ3n) is 3.82. The van der Waals surface area contributed by atoms with Crippen LogP contribution < -0.4 is 10.5 Å². The van der Waals surface area contributed by atoms with Gasteiger partial charge in [-0.1, -0.05) is 48.5 Å². The number of benzene rings is 2. The summed E-state index contributed by atoms with van der Waals surface area (Å²) < 4.78 is 5.77. The summed E-state index contributed by atoms with van der Waals surface area (Å²) in [6.45, 7) is 1.47. The van der Waals surface area contributed by atoms with E-state index in [2.05, 4.69) is 42.5 Å². The summed E-state index contributed by atoms with van der Waals surface area (Å²) >= 11 is 0. The summed E-state index contributed by atoms with van der Waals surface area (Å²) in [6.07, 6.45) is 1.98. The molecule has 1 heterocycles. The molecule has 2 aromatic rings. The van der Waals surface area contributed by atoms with Crippen LogP contribution in [0.3, 0.4) is 0 Å². The molecule has 0 fully saturated rings. The van der Waals surface area contributed by atoms with E-state index in [4.69, 9.17) is 10.5 Å². The van der Waals surface area contributed by atoms with Gasteiger partial charge < -0.3 is 10.5 Å². The predicted octanol–water partition coefficient (Wildman–Crippen LogP) is 2.91. The van der Waals surface area contributed by atoms with Crippen LogP contribution in [0.2, 0.25) is 0 Å². The maximum Gasteiger partial charge on any atom is 0.125 e. The van der Waals surface area contributed by atoms with Gasteiger partial charge >= 0.3 is 0 Å². The van der Waals surface area contributed by atoms with Gasteiger partial charge in [0.25, 0.3) is 0 Å². The van der Waals surface area contributed by atoms with Crippen LogP contribution in [0.15, 0.2) is 48.5 Å². The largest absolute Gasteiger partial charge is 0.493 e. The van der Waals surface area contributed by atoms with E-state index in [1.165, 1.54) is 16.7 Å². The standard InChI is InChI=1S/C17H19NO/c18-12-16(13-5-2-1-3-6-13)11-15-8-4-7-14-9-10-19-17(14)15/h1-8,16H,9-12,18H2. The second-order valence-corrected chi connectivity index (χ2v) is 5.05. The van der Waals surface area contributed by atoms with Crippen LogP contribution in [-0.2, 0) is 12.8 Å². The minimum Gasteiger partial charge on any atom is -0.493 e. The predicted molar refractivity (Wildman–Crippen MR) is 77.6 cm³/mol. The van der Waals surface area contributed by atoms with Crippen molar-refractivity contribution in [2.75, 3.05) is 13.2 Å². The van der Waals surface area contributed by atoms with Gasteiger partial charge in [-0.25, -0.2) is 0 Å². The molecule has 0 radical (unpaired) electrons. The Hall–Kier alpha value is -1.80. The molecule has 3 rings (SSSR count). The van der Waals surface area contributed by atoms with Crippen molar-refractivity contribution >= 4 is 0 Å². The molecule has 0 aromatic heterocycles. The van der Waals surface area contributed by atoms with E-state index in [0.717, 1.165) is 25.2 Å². The van der Waals surface area contributed by atoms with Gasteiger partial charge in [-0.3, -0.25) is 0 Å². The van der Waals surface area contributed by atoms with Crippen molar-refractivity contribution in [3.05, 3.63) is 65.2 Å². The highest BCUT2D eigenvalue weighted by Crippen LogP contribution is 2.32. The maximum absolute atomic E-state index is 5.96. The van der Waals surface area contributed by atoms with Gasteiger partial charge in [-0.2, -0.15) is 0 Å². The Labute approximate surface area is 114 Å². The number of rotatable bonds is 4. The molecule has 0 amide bonds. The molecule has 98 valence electrons. The normalized spacial score (nSPS) is 14.8. The fourth-order valence-electron chi connectivity index (χ4n) is 2.77. The summed E-state index contributed by atoms with van der Waals surface area (Å²) in [5, 5.41) is 0. The number of hydrogen-bond donors (Lipinski definition) is 1. The lowest BCUT2D eigenvalue weighted by molar-refractivity contribution is 0.352. The molecule has 2 heteroatoms. The highest BCUT2D eigenvalue weighted by molar-refractivity contribution is 5.45. The Morgan fingerprint density at radius 2 is 1.89 bits per heavy atom. The van der Waals surface area contributed by atoms with Crippen molar-refractivity contribution in [1.29, 1.82) is 0 Å². The van der Waals surface area contributed by atoms with E-state index in [-0.39, 0.29) is 0 Å². The van der Waals surface area contributed by atoms with E-state index in [0.29, 0.717) is 12.5 Å². The van der Waals surface area contributed by atoms with E-state index in [9.17, 15) is 0 Å². The van der Waals surface area contributed by atoms with Gasteiger partial charge in [0, 0.05) is 12.3 Å². The highest BCUT2D eigenvalue weighted by Gasteiger charge is 2.19. The average Bonchev–Trinajstić information content (AvgIpc) is 2.95. The Morgan fingerprint density at radius 1 is 1.05 bits per heavy atom. The number of hydrogen-bond acceptors (Lipinski definition) is 2. The van der Waals surface area contributed by atoms with Crippen molar-refractivity contribution in [2.45, 2.75) is 18.8 Å². The fourth-order valence-corrected chi connectivity index (χ4v) is 2.77. The third kappa shape index (κ3) is 2.49. The number of nitrogens with two attached hydrogens (primary N) is 1. The van der Waals surface area contributed by atoms with Crippen molar-refractivity contribution in [3.8, 4) is 5.75 Å². The molecule has 0 aliphatic carbocycles.